The van der Waals surface area contributed by atoms with Gasteiger partial charge >= 0.3 is 6.03 Å². The Morgan fingerprint density at radius 3 is 2.32 bits per heavy atom. The number of benzene rings is 1. The van der Waals surface area contributed by atoms with Crippen molar-refractivity contribution in [1.29, 1.82) is 0 Å². The Labute approximate surface area is 149 Å². The van der Waals surface area contributed by atoms with Crippen LogP contribution in [0.5, 0.6) is 0 Å². The lowest BCUT2D eigenvalue weighted by Crippen LogP contribution is -2.44. The number of imide groups is 1. The number of aryl methyl sites for hydroxylation is 3. The van der Waals surface area contributed by atoms with Gasteiger partial charge in [-0.2, -0.15) is 0 Å². The fourth-order valence-corrected chi connectivity index (χ4v) is 3.13. The van der Waals surface area contributed by atoms with Crippen LogP contribution in [0.4, 0.5) is 4.79 Å². The highest BCUT2D eigenvalue weighted by Crippen LogP contribution is 2.25. The summed E-state index contributed by atoms with van der Waals surface area (Å²) in [5.41, 5.74) is 2.65. The highest BCUT2D eigenvalue weighted by molar-refractivity contribution is 6.11. The molecule has 136 valence electrons. The molecule has 1 heterocycles. The average molecular weight is 344 g/mol. The smallest absolute Gasteiger partial charge is 0.323 e. The molecule has 0 aromatic heterocycles. The molecule has 25 heavy (non-hydrogen) atoms. The van der Waals surface area contributed by atoms with E-state index in [1.54, 1.807) is 6.92 Å². The number of amides is 3. The fourth-order valence-electron chi connectivity index (χ4n) is 3.13. The zero-order valence-corrected chi connectivity index (χ0v) is 16.0. The molecule has 0 radical (unpaired) electrons. The molecule has 2 rings (SSSR count). The number of carbonyl (C=O) groups is 3. The summed E-state index contributed by atoms with van der Waals surface area (Å²) in [6.45, 7) is 11.5. The molecule has 0 spiro atoms. The average Bonchev–Trinajstić information content (AvgIpc) is 2.72. The number of carbonyl (C=O) groups excluding carboxylic acids is 3. The minimum absolute atomic E-state index is 0.211. The van der Waals surface area contributed by atoms with Crippen molar-refractivity contribution in [2.24, 2.45) is 5.92 Å². The first-order chi connectivity index (χ1) is 11.5. The van der Waals surface area contributed by atoms with E-state index in [1.807, 2.05) is 32.9 Å². The summed E-state index contributed by atoms with van der Waals surface area (Å²) in [5, 5.41) is 2.76. The zero-order chi connectivity index (χ0) is 18.9. The monoisotopic (exact) mass is 344 g/mol. The van der Waals surface area contributed by atoms with Crippen LogP contribution in [0.25, 0.3) is 0 Å². The minimum atomic E-state index is -0.917. The molecular weight excluding hydrogens is 316 g/mol. The van der Waals surface area contributed by atoms with E-state index >= 15 is 0 Å². The van der Waals surface area contributed by atoms with Gasteiger partial charge in [-0.3, -0.25) is 14.5 Å². The Morgan fingerprint density at radius 2 is 1.72 bits per heavy atom. The van der Waals surface area contributed by atoms with Crippen molar-refractivity contribution < 1.29 is 14.4 Å². The molecule has 0 aliphatic carbocycles. The second-order valence-electron chi connectivity index (χ2n) is 7.76. The van der Waals surface area contributed by atoms with Gasteiger partial charge < -0.3 is 5.32 Å². The second kappa shape index (κ2) is 6.98. The van der Waals surface area contributed by atoms with Gasteiger partial charge in [0.15, 0.2) is 5.78 Å². The number of hydrogen-bond acceptors (Lipinski definition) is 3. The van der Waals surface area contributed by atoms with E-state index in [2.05, 4.69) is 19.2 Å². The highest BCUT2D eigenvalue weighted by atomic mass is 16.2. The number of nitrogens with zero attached hydrogens (tertiary/aromatic N) is 1. The lowest BCUT2D eigenvalue weighted by atomic mass is 9.92. The summed E-state index contributed by atoms with van der Waals surface area (Å²) >= 11 is 0. The maximum atomic E-state index is 12.7. The Balaban J connectivity index is 2.17. The molecule has 0 saturated carbocycles. The van der Waals surface area contributed by atoms with Gasteiger partial charge in [0.05, 0.1) is 6.54 Å². The SMILES string of the molecule is Cc1cc(C)c(C(=O)CN2C(=O)N[C@](C)(CCC(C)C)C2=O)cc1C. The quantitative estimate of drug-likeness (QED) is 0.634. The van der Waals surface area contributed by atoms with Crippen LogP contribution in [0.1, 0.15) is 60.7 Å². The van der Waals surface area contributed by atoms with Crippen molar-refractivity contribution in [2.75, 3.05) is 6.54 Å². The summed E-state index contributed by atoms with van der Waals surface area (Å²) in [4.78, 5) is 38.7. The summed E-state index contributed by atoms with van der Waals surface area (Å²) in [7, 11) is 0. The first kappa shape index (κ1) is 19.2. The van der Waals surface area contributed by atoms with Crippen LogP contribution in [-0.2, 0) is 4.79 Å². The van der Waals surface area contributed by atoms with Crippen LogP contribution < -0.4 is 5.32 Å². The molecule has 1 fully saturated rings. The van der Waals surface area contributed by atoms with Gasteiger partial charge in [-0.15, -0.1) is 0 Å². The lowest BCUT2D eigenvalue weighted by Gasteiger charge is -2.22. The van der Waals surface area contributed by atoms with Gasteiger partial charge in [0.1, 0.15) is 5.54 Å². The molecule has 1 atom stereocenters. The van der Waals surface area contributed by atoms with Crippen molar-refractivity contribution >= 4 is 17.7 Å². The molecular formula is C20H28N2O3. The molecule has 3 amide bonds. The number of ketones is 1. The second-order valence-corrected chi connectivity index (χ2v) is 7.76. The summed E-state index contributed by atoms with van der Waals surface area (Å²) in [6, 6.07) is 3.32. The largest absolute Gasteiger partial charge is 0.325 e. The number of nitrogens with one attached hydrogen (secondary N) is 1. The zero-order valence-electron chi connectivity index (χ0n) is 16.0. The van der Waals surface area contributed by atoms with Crippen LogP contribution in [0.3, 0.4) is 0 Å². The van der Waals surface area contributed by atoms with Crippen molar-refractivity contribution in [3.63, 3.8) is 0 Å². The molecule has 0 unspecified atom stereocenters. The third-order valence-corrected chi connectivity index (χ3v) is 5.01. The van der Waals surface area contributed by atoms with Crippen LogP contribution in [0.2, 0.25) is 0 Å². The maximum absolute atomic E-state index is 12.7. The van der Waals surface area contributed by atoms with Crippen LogP contribution in [0.15, 0.2) is 12.1 Å². The Morgan fingerprint density at radius 1 is 1.12 bits per heavy atom. The number of hydrogen-bond donors (Lipinski definition) is 1. The maximum Gasteiger partial charge on any atom is 0.325 e. The van der Waals surface area contributed by atoms with Gasteiger partial charge in [0.25, 0.3) is 5.91 Å². The Bertz CT molecular complexity index is 724. The third kappa shape index (κ3) is 3.91. The molecule has 5 heteroatoms. The van der Waals surface area contributed by atoms with Gasteiger partial charge in [0.2, 0.25) is 0 Å². The number of urea groups is 1. The standard InChI is InChI=1S/C20H28N2O3/c1-12(2)7-8-20(6)18(24)22(19(25)21-20)11-17(23)16-10-14(4)13(3)9-15(16)5/h9-10,12H,7-8,11H2,1-6H3,(H,21,25)/t20-/m1/s1. The molecule has 1 aliphatic heterocycles. The van der Waals surface area contributed by atoms with E-state index < -0.39 is 11.6 Å². The normalized spacial score (nSPS) is 20.4. The predicted octanol–water partition coefficient (Wildman–Crippen LogP) is 3.54. The predicted molar refractivity (Wildman–Crippen MR) is 97.7 cm³/mol. The van der Waals surface area contributed by atoms with Crippen molar-refractivity contribution in [3.05, 3.63) is 34.4 Å². The lowest BCUT2D eigenvalue weighted by molar-refractivity contribution is -0.130. The van der Waals surface area contributed by atoms with E-state index in [1.165, 1.54) is 0 Å². The minimum Gasteiger partial charge on any atom is -0.323 e. The first-order valence-electron chi connectivity index (χ1n) is 8.80. The van der Waals surface area contributed by atoms with Crippen LogP contribution in [0, 0.1) is 26.7 Å². The Kier molecular flexibility index (Phi) is 5.35. The molecule has 0 bridgehead atoms. The van der Waals surface area contributed by atoms with Gasteiger partial charge in [0, 0.05) is 5.56 Å². The first-order valence-corrected chi connectivity index (χ1v) is 8.80. The van der Waals surface area contributed by atoms with E-state index in [-0.39, 0.29) is 18.2 Å². The molecule has 5 nitrogen and oxygen atoms in total. The molecule has 1 aliphatic rings. The topological polar surface area (TPSA) is 66.5 Å². The van der Waals surface area contributed by atoms with E-state index in [9.17, 15) is 14.4 Å². The van der Waals surface area contributed by atoms with Crippen LogP contribution >= 0.6 is 0 Å². The van der Waals surface area contributed by atoms with Gasteiger partial charge in [-0.25, -0.2) is 4.79 Å². The fraction of sp³-hybridized carbons (Fsp3) is 0.550. The summed E-state index contributed by atoms with van der Waals surface area (Å²) < 4.78 is 0. The van der Waals surface area contributed by atoms with E-state index in [0.29, 0.717) is 17.9 Å². The number of rotatable bonds is 6. The van der Waals surface area contributed by atoms with Gasteiger partial charge in [-0.1, -0.05) is 19.9 Å². The van der Waals surface area contributed by atoms with Crippen molar-refractivity contribution in [2.45, 2.75) is 59.9 Å². The van der Waals surface area contributed by atoms with E-state index in [4.69, 9.17) is 0 Å². The third-order valence-electron chi connectivity index (χ3n) is 5.01. The highest BCUT2D eigenvalue weighted by Gasteiger charge is 2.47. The summed E-state index contributed by atoms with van der Waals surface area (Å²) in [6.07, 6.45) is 1.41. The number of Topliss-reactive ketones (excluding diaryl/α,β-unsaturated/α-hetero) is 1. The van der Waals surface area contributed by atoms with Crippen molar-refractivity contribution in [1.82, 2.24) is 10.2 Å². The van der Waals surface area contributed by atoms with Crippen LogP contribution in [-0.4, -0.2) is 34.7 Å². The molecule has 1 aromatic carbocycles. The van der Waals surface area contributed by atoms with E-state index in [0.717, 1.165) is 28.0 Å². The van der Waals surface area contributed by atoms with Crippen molar-refractivity contribution in [3.8, 4) is 0 Å². The molecule has 1 aromatic rings. The summed E-state index contributed by atoms with van der Waals surface area (Å²) in [5.74, 6) is -0.0828. The molecule has 1 saturated heterocycles. The molecule has 1 N–H and O–H groups in total. The van der Waals surface area contributed by atoms with Gasteiger partial charge in [-0.05, 0) is 69.2 Å². The Hall–Kier alpha value is -2.17.